The van der Waals surface area contributed by atoms with Crippen molar-refractivity contribution in [1.29, 1.82) is 5.26 Å². The molecule has 0 spiro atoms. The molecular formula is C13H12N4O3. The van der Waals surface area contributed by atoms with Gasteiger partial charge in [0.1, 0.15) is 6.54 Å². The molecule has 102 valence electrons. The fourth-order valence-corrected chi connectivity index (χ4v) is 1.74. The third kappa shape index (κ3) is 3.32. The maximum absolute atomic E-state index is 11.7. The molecule has 1 fully saturated rings. The zero-order chi connectivity index (χ0) is 14.5. The summed E-state index contributed by atoms with van der Waals surface area (Å²) in [4.78, 5) is 33.8. The van der Waals surface area contributed by atoms with Crippen molar-refractivity contribution in [2.45, 2.75) is 12.8 Å². The second kappa shape index (κ2) is 5.84. The Hall–Kier alpha value is -2.88. The molecule has 0 unspecified atom stereocenters. The van der Waals surface area contributed by atoms with Gasteiger partial charge in [0.15, 0.2) is 0 Å². The van der Waals surface area contributed by atoms with Gasteiger partial charge in [-0.15, -0.1) is 0 Å². The average Bonchev–Trinajstić information content (AvgIpc) is 2.75. The van der Waals surface area contributed by atoms with Crippen LogP contribution in [0.5, 0.6) is 0 Å². The number of nitrogens with one attached hydrogen (secondary N) is 2. The molecule has 1 aromatic carbocycles. The summed E-state index contributed by atoms with van der Waals surface area (Å²) in [7, 11) is 0. The number of hydrazine groups is 1. The molecule has 1 heterocycles. The minimum atomic E-state index is -0.623. The predicted molar refractivity (Wildman–Crippen MR) is 67.9 cm³/mol. The molecule has 7 nitrogen and oxygen atoms in total. The number of hydrogen-bond donors (Lipinski definition) is 2. The first-order valence-electron chi connectivity index (χ1n) is 5.98. The highest BCUT2D eigenvalue weighted by Gasteiger charge is 2.27. The monoisotopic (exact) mass is 272 g/mol. The van der Waals surface area contributed by atoms with Crippen LogP contribution in [0.3, 0.4) is 0 Å². The Morgan fingerprint density at radius 3 is 2.60 bits per heavy atom. The number of hydrogen-bond acceptors (Lipinski definition) is 4. The van der Waals surface area contributed by atoms with Gasteiger partial charge in [0.2, 0.25) is 11.8 Å². The van der Waals surface area contributed by atoms with Crippen LogP contribution in [0.4, 0.5) is 4.79 Å². The van der Waals surface area contributed by atoms with Crippen LogP contribution in [0, 0.1) is 11.3 Å². The van der Waals surface area contributed by atoms with E-state index >= 15 is 0 Å². The van der Waals surface area contributed by atoms with Crippen LogP contribution < -0.4 is 10.7 Å². The molecule has 20 heavy (non-hydrogen) atoms. The Kier molecular flexibility index (Phi) is 3.96. The molecule has 2 rings (SSSR count). The highest BCUT2D eigenvalue weighted by atomic mass is 16.2. The first kappa shape index (κ1) is 13.5. The van der Waals surface area contributed by atoms with Gasteiger partial charge < -0.3 is 0 Å². The number of nitriles is 1. The molecule has 7 heteroatoms. The molecule has 1 aliphatic rings. The minimum absolute atomic E-state index is 0.165. The van der Waals surface area contributed by atoms with Gasteiger partial charge in [0, 0.05) is 6.42 Å². The summed E-state index contributed by atoms with van der Waals surface area (Å²) in [5, 5.41) is 11.7. The predicted octanol–water partition coefficient (Wildman–Crippen LogP) is 0.0739. The van der Waals surface area contributed by atoms with E-state index in [2.05, 4.69) is 10.7 Å². The van der Waals surface area contributed by atoms with Crippen LogP contribution >= 0.6 is 0 Å². The smallest absolute Gasteiger partial charge is 0.275 e. The topological polar surface area (TPSA) is 102 Å². The maximum Gasteiger partial charge on any atom is 0.343 e. The third-order valence-electron chi connectivity index (χ3n) is 2.78. The van der Waals surface area contributed by atoms with Crippen molar-refractivity contribution in [1.82, 2.24) is 15.8 Å². The second-order valence-electron chi connectivity index (χ2n) is 4.28. The maximum atomic E-state index is 11.7. The lowest BCUT2D eigenvalue weighted by atomic mass is 10.1. The van der Waals surface area contributed by atoms with Gasteiger partial charge in [-0.1, -0.05) is 12.1 Å². The normalized spacial score (nSPS) is 13.8. The summed E-state index contributed by atoms with van der Waals surface area (Å²) >= 11 is 0. The number of urea groups is 1. The van der Waals surface area contributed by atoms with E-state index < -0.39 is 11.9 Å². The lowest BCUT2D eigenvalue weighted by Gasteiger charge is -2.14. The Balaban J connectivity index is 1.81. The minimum Gasteiger partial charge on any atom is -0.275 e. The number of rotatable bonds is 4. The molecule has 0 atom stereocenters. The molecule has 0 aliphatic carbocycles. The number of amides is 4. The zero-order valence-electron chi connectivity index (χ0n) is 10.5. The average molecular weight is 272 g/mol. The van der Waals surface area contributed by atoms with Gasteiger partial charge in [-0.3, -0.25) is 20.3 Å². The number of carbonyl (C=O) groups excluding carboxylic acids is 3. The summed E-state index contributed by atoms with van der Waals surface area (Å²) in [6, 6.07) is 8.30. The lowest BCUT2D eigenvalue weighted by Crippen LogP contribution is -2.44. The molecule has 4 amide bonds. The van der Waals surface area contributed by atoms with Crippen LogP contribution in [0.1, 0.15) is 17.5 Å². The Morgan fingerprint density at radius 1 is 1.35 bits per heavy atom. The summed E-state index contributed by atoms with van der Waals surface area (Å²) in [6.45, 7) is -0.165. The standard InChI is InChI=1S/C13H12N4O3/c14-7-10-3-1-9(2-4-10)5-6-11(18)16-17-8-12(19)15-13(17)20/h1-4H,5-6,8H2,(H,16,18)(H,15,19,20). The van der Waals surface area contributed by atoms with Gasteiger partial charge in [-0.05, 0) is 24.1 Å². The molecule has 0 radical (unpaired) electrons. The number of nitrogens with zero attached hydrogens (tertiary/aromatic N) is 2. The molecule has 0 bridgehead atoms. The van der Waals surface area contributed by atoms with Crippen molar-refractivity contribution >= 4 is 17.8 Å². The van der Waals surface area contributed by atoms with Crippen molar-refractivity contribution in [3.8, 4) is 6.07 Å². The fraction of sp³-hybridized carbons (Fsp3) is 0.231. The van der Waals surface area contributed by atoms with E-state index in [0.29, 0.717) is 12.0 Å². The summed E-state index contributed by atoms with van der Waals surface area (Å²) in [5.74, 6) is -0.790. The summed E-state index contributed by atoms with van der Waals surface area (Å²) < 4.78 is 0. The number of carbonyl (C=O) groups is 3. The Morgan fingerprint density at radius 2 is 2.05 bits per heavy atom. The van der Waals surface area contributed by atoms with Gasteiger partial charge in [-0.2, -0.15) is 5.26 Å². The number of aryl methyl sites for hydroxylation is 1. The van der Waals surface area contributed by atoms with Crippen LogP contribution in [0.15, 0.2) is 24.3 Å². The second-order valence-corrected chi connectivity index (χ2v) is 4.28. The van der Waals surface area contributed by atoms with E-state index in [1.165, 1.54) is 0 Å². The number of imide groups is 1. The van der Waals surface area contributed by atoms with Crippen LogP contribution in [-0.4, -0.2) is 29.4 Å². The van der Waals surface area contributed by atoms with Gasteiger partial charge in [0.05, 0.1) is 11.6 Å². The van der Waals surface area contributed by atoms with E-state index in [1.54, 1.807) is 24.3 Å². The largest absolute Gasteiger partial charge is 0.343 e. The molecule has 0 saturated carbocycles. The van der Waals surface area contributed by atoms with Crippen molar-refractivity contribution in [3.05, 3.63) is 35.4 Å². The summed E-state index contributed by atoms with van der Waals surface area (Å²) in [5.41, 5.74) is 3.84. The van der Waals surface area contributed by atoms with E-state index in [4.69, 9.17) is 5.26 Å². The zero-order valence-corrected chi connectivity index (χ0v) is 10.5. The summed E-state index contributed by atoms with van der Waals surface area (Å²) in [6.07, 6.45) is 0.671. The van der Waals surface area contributed by atoms with Crippen molar-refractivity contribution < 1.29 is 14.4 Å². The fourth-order valence-electron chi connectivity index (χ4n) is 1.74. The molecule has 1 aliphatic heterocycles. The molecular weight excluding hydrogens is 260 g/mol. The van der Waals surface area contributed by atoms with E-state index in [9.17, 15) is 14.4 Å². The quantitative estimate of drug-likeness (QED) is 0.757. The number of benzene rings is 1. The van der Waals surface area contributed by atoms with E-state index in [0.717, 1.165) is 10.6 Å². The van der Waals surface area contributed by atoms with Crippen molar-refractivity contribution in [2.24, 2.45) is 0 Å². The highest BCUT2D eigenvalue weighted by Crippen LogP contribution is 2.06. The Bertz CT molecular complexity index is 589. The van der Waals surface area contributed by atoms with Crippen molar-refractivity contribution in [3.63, 3.8) is 0 Å². The van der Waals surface area contributed by atoms with E-state index in [1.807, 2.05) is 6.07 Å². The molecule has 2 N–H and O–H groups in total. The Labute approximate surface area is 115 Å². The van der Waals surface area contributed by atoms with E-state index in [-0.39, 0.29) is 18.9 Å². The van der Waals surface area contributed by atoms with Gasteiger partial charge >= 0.3 is 6.03 Å². The first-order chi connectivity index (χ1) is 9.58. The first-order valence-corrected chi connectivity index (χ1v) is 5.98. The molecule has 1 aromatic rings. The molecule has 0 aromatic heterocycles. The third-order valence-corrected chi connectivity index (χ3v) is 2.78. The van der Waals surface area contributed by atoms with Crippen LogP contribution in [0.25, 0.3) is 0 Å². The highest BCUT2D eigenvalue weighted by molar-refractivity contribution is 6.02. The van der Waals surface area contributed by atoms with Crippen molar-refractivity contribution in [2.75, 3.05) is 6.54 Å². The van der Waals surface area contributed by atoms with Crippen LogP contribution in [-0.2, 0) is 16.0 Å². The van der Waals surface area contributed by atoms with Gasteiger partial charge in [0.25, 0.3) is 0 Å². The van der Waals surface area contributed by atoms with Crippen LogP contribution in [0.2, 0.25) is 0 Å². The molecule has 1 saturated heterocycles. The van der Waals surface area contributed by atoms with Gasteiger partial charge in [-0.25, -0.2) is 9.80 Å². The lowest BCUT2D eigenvalue weighted by molar-refractivity contribution is -0.125. The SMILES string of the molecule is N#Cc1ccc(CCC(=O)NN2CC(=O)NC2=O)cc1.